The van der Waals surface area contributed by atoms with Crippen molar-refractivity contribution in [2.75, 3.05) is 7.05 Å². The van der Waals surface area contributed by atoms with E-state index >= 15 is 0 Å². The summed E-state index contributed by atoms with van der Waals surface area (Å²) in [5.74, 6) is 0.716. The summed E-state index contributed by atoms with van der Waals surface area (Å²) in [5, 5.41) is 4.47. The fourth-order valence-electron chi connectivity index (χ4n) is 3.16. The van der Waals surface area contributed by atoms with Crippen LogP contribution in [0, 0.1) is 11.7 Å². The van der Waals surface area contributed by atoms with Crippen LogP contribution in [0.25, 0.3) is 10.1 Å². The van der Waals surface area contributed by atoms with Crippen LogP contribution in [0.5, 0.6) is 0 Å². The largest absolute Gasteiger partial charge is 0.312 e. The topological polar surface area (TPSA) is 12.0 Å². The molecule has 1 nitrogen and oxygen atoms in total. The summed E-state index contributed by atoms with van der Waals surface area (Å²) in [5.41, 5.74) is 0. The summed E-state index contributed by atoms with van der Waals surface area (Å²) in [6.07, 6.45) is 6.73. The van der Waals surface area contributed by atoms with Gasteiger partial charge in [-0.3, -0.25) is 0 Å². The lowest BCUT2D eigenvalue weighted by molar-refractivity contribution is 0.417. The molecule has 1 aromatic heterocycles. The molecule has 0 saturated heterocycles. The van der Waals surface area contributed by atoms with Crippen LogP contribution >= 0.6 is 11.3 Å². The van der Waals surface area contributed by atoms with Gasteiger partial charge in [-0.1, -0.05) is 25.7 Å². The number of hydrogen-bond acceptors (Lipinski definition) is 2. The van der Waals surface area contributed by atoms with Crippen molar-refractivity contribution in [1.82, 2.24) is 5.32 Å². The first-order chi connectivity index (χ1) is 9.26. The molecule has 0 amide bonds. The highest BCUT2D eigenvalue weighted by atomic mass is 32.1. The van der Waals surface area contributed by atoms with Crippen LogP contribution in [0.15, 0.2) is 24.3 Å². The third-order valence-corrected chi connectivity index (χ3v) is 5.46. The molecule has 1 aliphatic rings. The SMILES string of the molecule is CNC(CC1CCCC1)c1cc2cc(F)ccc2s1. The molecule has 1 aliphatic carbocycles. The molecule has 2 aromatic rings. The molecule has 1 fully saturated rings. The third-order valence-electron chi connectivity index (χ3n) is 4.23. The minimum atomic E-state index is -0.145. The molecule has 1 N–H and O–H groups in total. The third kappa shape index (κ3) is 2.82. The summed E-state index contributed by atoms with van der Waals surface area (Å²) in [4.78, 5) is 1.34. The van der Waals surface area contributed by atoms with Crippen LogP contribution in [-0.4, -0.2) is 7.05 Å². The molecular weight excluding hydrogens is 257 g/mol. The first kappa shape index (κ1) is 13.1. The van der Waals surface area contributed by atoms with E-state index in [0.717, 1.165) is 11.3 Å². The normalized spacial score (nSPS) is 18.2. The van der Waals surface area contributed by atoms with Gasteiger partial charge in [0, 0.05) is 15.6 Å². The molecule has 0 radical (unpaired) electrons. The van der Waals surface area contributed by atoms with Gasteiger partial charge in [0.1, 0.15) is 5.82 Å². The molecule has 1 aromatic carbocycles. The van der Waals surface area contributed by atoms with Gasteiger partial charge in [0.25, 0.3) is 0 Å². The number of nitrogens with one attached hydrogen (secondary N) is 1. The van der Waals surface area contributed by atoms with Crippen LogP contribution in [-0.2, 0) is 0 Å². The molecule has 1 saturated carbocycles. The standard InChI is InChI=1S/C16H20FNS/c1-18-14(8-11-4-2-3-5-11)16-10-12-9-13(17)6-7-15(12)19-16/h6-7,9-11,14,18H,2-5,8H2,1H3. The highest BCUT2D eigenvalue weighted by Gasteiger charge is 2.21. The Kier molecular flexibility index (Phi) is 3.85. The van der Waals surface area contributed by atoms with Gasteiger partial charge < -0.3 is 5.32 Å². The predicted octanol–water partition coefficient (Wildman–Crippen LogP) is 4.88. The van der Waals surface area contributed by atoms with Crippen LogP contribution in [0.2, 0.25) is 0 Å². The van der Waals surface area contributed by atoms with Crippen LogP contribution < -0.4 is 5.32 Å². The monoisotopic (exact) mass is 277 g/mol. The lowest BCUT2D eigenvalue weighted by atomic mass is 9.97. The van der Waals surface area contributed by atoms with Gasteiger partial charge in [0.05, 0.1) is 0 Å². The van der Waals surface area contributed by atoms with Gasteiger partial charge in [0.2, 0.25) is 0 Å². The van der Waals surface area contributed by atoms with Gasteiger partial charge in [-0.15, -0.1) is 11.3 Å². The van der Waals surface area contributed by atoms with Crippen molar-refractivity contribution >= 4 is 21.4 Å². The summed E-state index contributed by atoms with van der Waals surface area (Å²) < 4.78 is 14.4. The van der Waals surface area contributed by atoms with Crippen molar-refractivity contribution in [2.24, 2.45) is 5.92 Å². The smallest absolute Gasteiger partial charge is 0.123 e. The van der Waals surface area contributed by atoms with E-state index in [1.54, 1.807) is 23.5 Å². The Morgan fingerprint density at radius 1 is 1.32 bits per heavy atom. The number of hydrogen-bond donors (Lipinski definition) is 1. The Labute approximate surface area is 117 Å². The fraction of sp³-hybridized carbons (Fsp3) is 0.500. The quantitative estimate of drug-likeness (QED) is 0.839. The fourth-order valence-corrected chi connectivity index (χ4v) is 4.33. The molecule has 1 unspecified atom stereocenters. The van der Waals surface area contributed by atoms with E-state index in [1.165, 1.54) is 41.7 Å². The second kappa shape index (κ2) is 5.59. The molecule has 0 bridgehead atoms. The maximum Gasteiger partial charge on any atom is 0.123 e. The number of fused-ring (bicyclic) bond motifs is 1. The van der Waals surface area contributed by atoms with Crippen molar-refractivity contribution in [2.45, 2.75) is 38.1 Å². The van der Waals surface area contributed by atoms with Crippen molar-refractivity contribution in [3.8, 4) is 0 Å². The lowest BCUT2D eigenvalue weighted by Gasteiger charge is -2.18. The number of rotatable bonds is 4. The maximum absolute atomic E-state index is 13.2. The van der Waals surface area contributed by atoms with Gasteiger partial charge in [0.15, 0.2) is 0 Å². The predicted molar refractivity (Wildman–Crippen MR) is 80.2 cm³/mol. The molecular formula is C16H20FNS. The van der Waals surface area contributed by atoms with E-state index in [4.69, 9.17) is 0 Å². The summed E-state index contributed by atoms with van der Waals surface area (Å²) in [6, 6.07) is 7.65. The zero-order valence-electron chi connectivity index (χ0n) is 11.3. The van der Waals surface area contributed by atoms with Gasteiger partial charge >= 0.3 is 0 Å². The maximum atomic E-state index is 13.2. The Morgan fingerprint density at radius 3 is 2.84 bits per heavy atom. The van der Waals surface area contributed by atoms with Crippen molar-refractivity contribution in [3.63, 3.8) is 0 Å². The minimum Gasteiger partial charge on any atom is -0.312 e. The van der Waals surface area contributed by atoms with E-state index in [0.29, 0.717) is 6.04 Å². The van der Waals surface area contributed by atoms with Crippen molar-refractivity contribution < 1.29 is 4.39 Å². The zero-order chi connectivity index (χ0) is 13.2. The second-order valence-electron chi connectivity index (χ2n) is 5.56. The van der Waals surface area contributed by atoms with Gasteiger partial charge in [-0.05, 0) is 49.0 Å². The van der Waals surface area contributed by atoms with E-state index in [2.05, 4.69) is 11.4 Å². The van der Waals surface area contributed by atoms with Crippen LogP contribution in [0.3, 0.4) is 0 Å². The molecule has 102 valence electrons. The Balaban J connectivity index is 1.83. The second-order valence-corrected chi connectivity index (χ2v) is 6.67. The van der Waals surface area contributed by atoms with E-state index in [1.807, 2.05) is 13.1 Å². The summed E-state index contributed by atoms with van der Waals surface area (Å²) in [6.45, 7) is 0. The number of benzene rings is 1. The minimum absolute atomic E-state index is 0.145. The van der Waals surface area contributed by atoms with E-state index in [-0.39, 0.29) is 5.82 Å². The average molecular weight is 277 g/mol. The molecule has 1 heterocycles. The zero-order valence-corrected chi connectivity index (χ0v) is 12.1. The van der Waals surface area contributed by atoms with E-state index in [9.17, 15) is 4.39 Å². The number of thiophene rings is 1. The molecule has 19 heavy (non-hydrogen) atoms. The molecule has 3 rings (SSSR count). The van der Waals surface area contributed by atoms with E-state index < -0.39 is 0 Å². The van der Waals surface area contributed by atoms with Crippen molar-refractivity contribution in [3.05, 3.63) is 35.0 Å². The Morgan fingerprint density at radius 2 is 2.11 bits per heavy atom. The first-order valence-corrected chi connectivity index (χ1v) is 7.94. The highest BCUT2D eigenvalue weighted by Crippen LogP contribution is 2.37. The van der Waals surface area contributed by atoms with Gasteiger partial charge in [-0.2, -0.15) is 0 Å². The Bertz CT molecular complexity index is 557. The molecule has 0 spiro atoms. The first-order valence-electron chi connectivity index (χ1n) is 7.12. The molecule has 3 heteroatoms. The van der Waals surface area contributed by atoms with Crippen LogP contribution in [0.1, 0.15) is 43.0 Å². The number of halogens is 1. The lowest BCUT2D eigenvalue weighted by Crippen LogP contribution is -2.17. The Hall–Kier alpha value is -0.930. The highest BCUT2D eigenvalue weighted by molar-refractivity contribution is 7.19. The van der Waals surface area contributed by atoms with Crippen LogP contribution in [0.4, 0.5) is 4.39 Å². The average Bonchev–Trinajstić information content (AvgIpc) is 3.03. The summed E-state index contributed by atoms with van der Waals surface area (Å²) in [7, 11) is 2.03. The summed E-state index contributed by atoms with van der Waals surface area (Å²) >= 11 is 1.79. The molecule has 1 atom stereocenters. The van der Waals surface area contributed by atoms with Crippen molar-refractivity contribution in [1.29, 1.82) is 0 Å². The van der Waals surface area contributed by atoms with Gasteiger partial charge in [-0.25, -0.2) is 4.39 Å². The molecule has 0 aliphatic heterocycles.